The molecular formula is C15H17ClF2O2. The second-order valence-electron chi connectivity index (χ2n) is 5.70. The lowest BCUT2D eigenvalue weighted by Gasteiger charge is -2.28. The van der Waals surface area contributed by atoms with Crippen LogP contribution in [0.5, 0.6) is 0 Å². The Labute approximate surface area is 122 Å². The molecule has 2 nitrogen and oxygen atoms in total. The standard InChI is InChI=1S/C15H17ClF2O2/c1-15(2,8-12(19)14(17)18)11-4-3-10(16)7-9-5-6-20-13(9)11/h3,7,14H,4-6,8H2,1-2H3. The molecule has 1 heterocycles. The molecule has 0 saturated carbocycles. The first kappa shape index (κ1) is 15.2. The van der Waals surface area contributed by atoms with Crippen molar-refractivity contribution in [2.24, 2.45) is 5.41 Å². The topological polar surface area (TPSA) is 26.3 Å². The van der Waals surface area contributed by atoms with Crippen LogP contribution in [0.25, 0.3) is 0 Å². The number of hydrogen-bond donors (Lipinski definition) is 0. The first-order valence-electron chi connectivity index (χ1n) is 6.55. The third-order valence-corrected chi connectivity index (χ3v) is 3.94. The molecule has 1 saturated heterocycles. The van der Waals surface area contributed by atoms with Crippen LogP contribution >= 0.6 is 11.6 Å². The van der Waals surface area contributed by atoms with E-state index in [0.29, 0.717) is 18.1 Å². The van der Waals surface area contributed by atoms with Crippen LogP contribution in [0.3, 0.4) is 0 Å². The molecule has 0 aromatic heterocycles. The summed E-state index contributed by atoms with van der Waals surface area (Å²) in [5, 5.41) is 0.619. The molecule has 2 rings (SSSR count). The number of alkyl halides is 2. The minimum atomic E-state index is -2.93. The highest BCUT2D eigenvalue weighted by Gasteiger charge is 2.35. The van der Waals surface area contributed by atoms with Crippen molar-refractivity contribution >= 4 is 17.4 Å². The number of carbonyl (C=O) groups excluding carboxylic acids is 1. The largest absolute Gasteiger partial charge is 0.493 e. The van der Waals surface area contributed by atoms with Crippen molar-refractivity contribution in [3.05, 3.63) is 34.1 Å². The Morgan fingerprint density at radius 3 is 2.85 bits per heavy atom. The van der Waals surface area contributed by atoms with Crippen LogP contribution in [0.4, 0.5) is 8.78 Å². The fourth-order valence-electron chi connectivity index (χ4n) is 2.61. The zero-order chi connectivity index (χ0) is 14.9. The minimum Gasteiger partial charge on any atom is -0.493 e. The number of fused-ring (bicyclic) bond motifs is 1. The van der Waals surface area contributed by atoms with E-state index in [9.17, 15) is 13.6 Å². The molecule has 5 heteroatoms. The highest BCUT2D eigenvalue weighted by atomic mass is 35.5. The Morgan fingerprint density at radius 2 is 2.20 bits per heavy atom. The monoisotopic (exact) mass is 302 g/mol. The van der Waals surface area contributed by atoms with Gasteiger partial charge in [-0.15, -0.1) is 0 Å². The lowest BCUT2D eigenvalue weighted by atomic mass is 9.77. The molecular weight excluding hydrogens is 286 g/mol. The Bertz CT molecular complexity index is 516. The van der Waals surface area contributed by atoms with Gasteiger partial charge >= 0.3 is 0 Å². The van der Waals surface area contributed by atoms with Gasteiger partial charge in [0, 0.05) is 17.9 Å². The van der Waals surface area contributed by atoms with Gasteiger partial charge in [-0.3, -0.25) is 4.79 Å². The quantitative estimate of drug-likeness (QED) is 0.771. The molecule has 0 atom stereocenters. The Balaban J connectivity index is 2.34. The molecule has 0 radical (unpaired) electrons. The maximum absolute atomic E-state index is 12.5. The molecule has 1 aliphatic heterocycles. The summed E-state index contributed by atoms with van der Waals surface area (Å²) in [6.07, 6.45) is 1.81. The van der Waals surface area contributed by atoms with Crippen LogP contribution in [0.2, 0.25) is 0 Å². The Kier molecular flexibility index (Phi) is 4.33. The summed E-state index contributed by atoms with van der Waals surface area (Å²) in [4.78, 5) is 11.4. The Hall–Kier alpha value is -1.16. The van der Waals surface area contributed by atoms with Gasteiger partial charge in [-0.05, 0) is 29.1 Å². The van der Waals surface area contributed by atoms with Crippen LogP contribution in [0.15, 0.2) is 34.1 Å². The first-order valence-corrected chi connectivity index (χ1v) is 6.93. The number of ether oxygens (including phenoxy) is 1. The number of halogens is 3. The second kappa shape index (κ2) is 5.68. The molecule has 110 valence electrons. The molecule has 0 aromatic rings. The fraction of sp³-hybridized carbons (Fsp3) is 0.533. The van der Waals surface area contributed by atoms with Gasteiger partial charge in [0.25, 0.3) is 6.43 Å². The van der Waals surface area contributed by atoms with E-state index < -0.39 is 17.6 Å². The summed E-state index contributed by atoms with van der Waals surface area (Å²) in [6, 6.07) is 0. The second-order valence-corrected chi connectivity index (χ2v) is 6.13. The van der Waals surface area contributed by atoms with E-state index in [4.69, 9.17) is 16.3 Å². The molecule has 0 unspecified atom stereocenters. The molecule has 1 fully saturated rings. The normalized spacial score (nSPS) is 19.3. The average molecular weight is 303 g/mol. The van der Waals surface area contributed by atoms with Crippen LogP contribution in [-0.2, 0) is 9.53 Å². The maximum atomic E-state index is 12.5. The number of hydrogen-bond acceptors (Lipinski definition) is 2. The van der Waals surface area contributed by atoms with Crippen molar-refractivity contribution in [1.29, 1.82) is 0 Å². The number of allylic oxidation sites excluding steroid dienone is 5. The van der Waals surface area contributed by atoms with Crippen molar-refractivity contribution in [3.63, 3.8) is 0 Å². The van der Waals surface area contributed by atoms with Gasteiger partial charge in [0.05, 0.1) is 6.61 Å². The molecule has 1 aliphatic carbocycles. The van der Waals surface area contributed by atoms with Crippen molar-refractivity contribution in [2.75, 3.05) is 6.61 Å². The van der Waals surface area contributed by atoms with Crippen molar-refractivity contribution < 1.29 is 18.3 Å². The maximum Gasteiger partial charge on any atom is 0.296 e. The molecule has 20 heavy (non-hydrogen) atoms. The van der Waals surface area contributed by atoms with Crippen molar-refractivity contribution in [3.8, 4) is 0 Å². The van der Waals surface area contributed by atoms with E-state index in [0.717, 1.165) is 23.3 Å². The summed E-state index contributed by atoms with van der Waals surface area (Å²) in [7, 11) is 0. The lowest BCUT2D eigenvalue weighted by molar-refractivity contribution is -0.131. The lowest BCUT2D eigenvalue weighted by Crippen LogP contribution is -2.24. The van der Waals surface area contributed by atoms with Gasteiger partial charge in [-0.2, -0.15) is 0 Å². The van der Waals surface area contributed by atoms with E-state index in [2.05, 4.69) is 0 Å². The van der Waals surface area contributed by atoms with Crippen molar-refractivity contribution in [1.82, 2.24) is 0 Å². The summed E-state index contributed by atoms with van der Waals surface area (Å²) in [6.45, 7) is 4.15. The van der Waals surface area contributed by atoms with E-state index in [-0.39, 0.29) is 6.42 Å². The average Bonchev–Trinajstić information content (AvgIpc) is 2.70. The highest BCUT2D eigenvalue weighted by Crippen LogP contribution is 2.43. The van der Waals surface area contributed by atoms with Crippen LogP contribution < -0.4 is 0 Å². The highest BCUT2D eigenvalue weighted by molar-refractivity contribution is 6.31. The number of carbonyl (C=O) groups is 1. The molecule has 0 amide bonds. The van der Waals surface area contributed by atoms with Gasteiger partial charge in [-0.1, -0.05) is 31.5 Å². The zero-order valence-corrected chi connectivity index (χ0v) is 12.3. The SMILES string of the molecule is CC(C)(CC(=O)C(F)F)C1=C2OCCC2=CC(Cl)=CC1. The predicted octanol–water partition coefficient (Wildman–Crippen LogP) is 4.36. The molecule has 2 aliphatic rings. The minimum absolute atomic E-state index is 0.203. The number of Topliss-reactive ketones (excluding diaryl/α,β-unsaturated/α-hetero) is 1. The summed E-state index contributed by atoms with van der Waals surface area (Å²) in [5.74, 6) is -0.310. The van der Waals surface area contributed by atoms with Gasteiger partial charge < -0.3 is 4.74 Å². The number of rotatable bonds is 4. The van der Waals surface area contributed by atoms with E-state index in [1.807, 2.05) is 12.2 Å². The smallest absolute Gasteiger partial charge is 0.296 e. The van der Waals surface area contributed by atoms with Crippen LogP contribution in [-0.4, -0.2) is 18.8 Å². The van der Waals surface area contributed by atoms with Gasteiger partial charge in [0.2, 0.25) is 0 Å². The summed E-state index contributed by atoms with van der Waals surface area (Å²) < 4.78 is 30.6. The third kappa shape index (κ3) is 3.11. The fourth-order valence-corrected chi connectivity index (χ4v) is 2.82. The van der Waals surface area contributed by atoms with Gasteiger partial charge in [-0.25, -0.2) is 8.78 Å². The molecule has 0 spiro atoms. The van der Waals surface area contributed by atoms with Crippen LogP contribution in [0.1, 0.15) is 33.1 Å². The predicted molar refractivity (Wildman–Crippen MR) is 73.6 cm³/mol. The summed E-state index contributed by atoms with van der Waals surface area (Å²) >= 11 is 6.07. The van der Waals surface area contributed by atoms with E-state index in [1.165, 1.54) is 0 Å². The van der Waals surface area contributed by atoms with E-state index >= 15 is 0 Å². The van der Waals surface area contributed by atoms with Crippen LogP contribution in [0, 0.1) is 5.41 Å². The molecule has 0 bridgehead atoms. The zero-order valence-electron chi connectivity index (χ0n) is 11.5. The van der Waals surface area contributed by atoms with E-state index in [1.54, 1.807) is 13.8 Å². The molecule has 0 N–H and O–H groups in total. The number of ketones is 1. The summed E-state index contributed by atoms with van der Waals surface area (Å²) in [5.41, 5.74) is 1.17. The van der Waals surface area contributed by atoms with Gasteiger partial charge in [0.1, 0.15) is 5.76 Å². The van der Waals surface area contributed by atoms with Gasteiger partial charge in [0.15, 0.2) is 5.78 Å². The first-order chi connectivity index (χ1) is 9.31. The third-order valence-electron chi connectivity index (χ3n) is 3.67. The molecule has 0 aromatic carbocycles. The Morgan fingerprint density at radius 1 is 1.50 bits per heavy atom. The van der Waals surface area contributed by atoms with Crippen molar-refractivity contribution in [2.45, 2.75) is 39.5 Å².